The quantitative estimate of drug-likeness (QED) is 0.871. The van der Waals surface area contributed by atoms with Crippen LogP contribution in [0.1, 0.15) is 42.1 Å². The van der Waals surface area contributed by atoms with E-state index in [9.17, 15) is 4.79 Å². The van der Waals surface area contributed by atoms with E-state index < -0.39 is 0 Å². The molecule has 2 unspecified atom stereocenters. The average molecular weight is 324 g/mol. The molecular weight excluding hydrogens is 296 g/mol. The topological polar surface area (TPSA) is 32.3 Å². The Morgan fingerprint density at radius 2 is 1.75 bits per heavy atom. The molecule has 0 fully saturated rings. The normalized spacial score (nSPS) is 13.6. The van der Waals surface area contributed by atoms with Crippen LogP contribution < -0.4 is 5.32 Å². The Kier molecular flexibility index (Phi) is 6.16. The van der Waals surface area contributed by atoms with Gasteiger partial charge in [0.1, 0.15) is 0 Å². The van der Waals surface area contributed by atoms with Crippen LogP contribution in [0.15, 0.2) is 48.5 Å². The van der Waals surface area contributed by atoms with Gasteiger partial charge in [0.25, 0.3) is 0 Å². The standard InChI is InChI=1S/C21H28N2O/c1-15-11-12-20(16(2)13-15)14-23(5)18(4)21(24)22-17(3)19-9-7-6-8-10-19/h6-13,17-18H,14H2,1-5H3,(H,22,24). The van der Waals surface area contributed by atoms with Crippen LogP contribution in [-0.2, 0) is 11.3 Å². The minimum absolute atomic E-state index is 0.00987. The van der Waals surface area contributed by atoms with Gasteiger partial charge in [-0.05, 0) is 51.4 Å². The van der Waals surface area contributed by atoms with Crippen LogP contribution in [-0.4, -0.2) is 23.9 Å². The zero-order chi connectivity index (χ0) is 17.7. The summed E-state index contributed by atoms with van der Waals surface area (Å²) in [5.74, 6) is 0.0543. The van der Waals surface area contributed by atoms with E-state index in [2.05, 4.69) is 42.3 Å². The highest BCUT2D eigenvalue weighted by Gasteiger charge is 2.20. The van der Waals surface area contributed by atoms with Crippen molar-refractivity contribution in [1.29, 1.82) is 0 Å². The molecule has 24 heavy (non-hydrogen) atoms. The molecule has 0 saturated carbocycles. The van der Waals surface area contributed by atoms with Crippen molar-refractivity contribution in [1.82, 2.24) is 10.2 Å². The van der Waals surface area contributed by atoms with Crippen molar-refractivity contribution < 1.29 is 4.79 Å². The van der Waals surface area contributed by atoms with Gasteiger partial charge in [0.15, 0.2) is 0 Å². The van der Waals surface area contributed by atoms with Crippen molar-refractivity contribution in [3.05, 3.63) is 70.8 Å². The van der Waals surface area contributed by atoms with E-state index >= 15 is 0 Å². The first-order valence-electron chi connectivity index (χ1n) is 8.50. The molecule has 0 radical (unpaired) electrons. The van der Waals surface area contributed by atoms with E-state index in [4.69, 9.17) is 0 Å². The number of carbonyl (C=O) groups excluding carboxylic acids is 1. The Balaban J connectivity index is 1.96. The Labute approximate surface area is 145 Å². The molecule has 3 heteroatoms. The lowest BCUT2D eigenvalue weighted by Gasteiger charge is -2.26. The third kappa shape index (κ3) is 4.68. The van der Waals surface area contributed by atoms with Crippen molar-refractivity contribution in [2.45, 2.75) is 46.3 Å². The number of amides is 1. The van der Waals surface area contributed by atoms with Crippen molar-refractivity contribution in [2.24, 2.45) is 0 Å². The molecule has 2 atom stereocenters. The lowest BCUT2D eigenvalue weighted by molar-refractivity contribution is -0.126. The number of hydrogen-bond donors (Lipinski definition) is 1. The number of likely N-dealkylation sites (N-methyl/N-ethyl adjacent to an activating group) is 1. The van der Waals surface area contributed by atoms with E-state index in [0.29, 0.717) is 0 Å². The summed E-state index contributed by atoms with van der Waals surface area (Å²) in [4.78, 5) is 14.6. The molecule has 0 aliphatic rings. The molecule has 3 nitrogen and oxygen atoms in total. The summed E-state index contributed by atoms with van der Waals surface area (Å²) in [7, 11) is 2.00. The Morgan fingerprint density at radius 1 is 1.08 bits per heavy atom. The zero-order valence-electron chi connectivity index (χ0n) is 15.3. The first-order chi connectivity index (χ1) is 11.4. The van der Waals surface area contributed by atoms with Crippen molar-refractivity contribution in [3.8, 4) is 0 Å². The zero-order valence-corrected chi connectivity index (χ0v) is 15.3. The first-order valence-corrected chi connectivity index (χ1v) is 8.50. The van der Waals surface area contributed by atoms with Crippen LogP contribution in [0.25, 0.3) is 0 Å². The van der Waals surface area contributed by atoms with Gasteiger partial charge in [0.2, 0.25) is 5.91 Å². The molecule has 0 bridgehead atoms. The Bertz CT molecular complexity index is 681. The monoisotopic (exact) mass is 324 g/mol. The van der Waals surface area contributed by atoms with Crippen LogP contribution in [0.2, 0.25) is 0 Å². The summed E-state index contributed by atoms with van der Waals surface area (Å²) >= 11 is 0. The maximum atomic E-state index is 12.5. The van der Waals surface area contributed by atoms with Gasteiger partial charge in [-0.1, -0.05) is 54.1 Å². The second-order valence-electron chi connectivity index (χ2n) is 6.66. The number of nitrogens with one attached hydrogen (secondary N) is 1. The smallest absolute Gasteiger partial charge is 0.237 e. The lowest BCUT2D eigenvalue weighted by atomic mass is 10.0. The molecule has 0 aliphatic carbocycles. The summed E-state index contributed by atoms with van der Waals surface area (Å²) in [5, 5.41) is 3.11. The van der Waals surface area contributed by atoms with Crippen LogP contribution in [0, 0.1) is 13.8 Å². The minimum Gasteiger partial charge on any atom is -0.348 e. The van der Waals surface area contributed by atoms with Crippen LogP contribution in [0.3, 0.4) is 0 Å². The fraction of sp³-hybridized carbons (Fsp3) is 0.381. The molecule has 128 valence electrons. The van der Waals surface area contributed by atoms with E-state index in [1.807, 2.05) is 51.2 Å². The average Bonchev–Trinajstić information content (AvgIpc) is 2.57. The number of benzene rings is 2. The van der Waals surface area contributed by atoms with Crippen molar-refractivity contribution in [2.75, 3.05) is 7.05 Å². The number of rotatable bonds is 6. The molecule has 2 aromatic carbocycles. The molecule has 2 aromatic rings. The van der Waals surface area contributed by atoms with Crippen LogP contribution in [0.4, 0.5) is 0 Å². The summed E-state index contributed by atoms with van der Waals surface area (Å²) in [5.41, 5.74) is 4.92. The van der Waals surface area contributed by atoms with E-state index in [1.165, 1.54) is 16.7 Å². The summed E-state index contributed by atoms with van der Waals surface area (Å²) in [6.07, 6.45) is 0. The molecular formula is C21H28N2O. The van der Waals surface area contributed by atoms with Gasteiger partial charge in [0.05, 0.1) is 12.1 Å². The third-order valence-electron chi connectivity index (χ3n) is 4.62. The fourth-order valence-electron chi connectivity index (χ4n) is 2.79. The van der Waals surface area contributed by atoms with Crippen LogP contribution >= 0.6 is 0 Å². The SMILES string of the molecule is Cc1ccc(CN(C)C(C)C(=O)NC(C)c2ccccc2)c(C)c1. The van der Waals surface area contributed by atoms with Crippen LogP contribution in [0.5, 0.6) is 0 Å². The van der Waals surface area contributed by atoms with Crippen molar-refractivity contribution >= 4 is 5.91 Å². The first kappa shape index (κ1) is 18.2. The number of carbonyl (C=O) groups is 1. The van der Waals surface area contributed by atoms with Gasteiger partial charge in [-0.3, -0.25) is 9.69 Å². The van der Waals surface area contributed by atoms with Gasteiger partial charge in [-0.25, -0.2) is 0 Å². The summed E-state index contributed by atoms with van der Waals surface area (Å²) in [6, 6.07) is 16.3. The second kappa shape index (κ2) is 8.11. The molecule has 0 aliphatic heterocycles. The minimum atomic E-state index is -0.183. The Morgan fingerprint density at radius 3 is 2.38 bits per heavy atom. The van der Waals surface area contributed by atoms with Gasteiger partial charge < -0.3 is 5.32 Å². The van der Waals surface area contributed by atoms with Gasteiger partial charge >= 0.3 is 0 Å². The molecule has 0 aromatic heterocycles. The molecule has 0 heterocycles. The second-order valence-corrected chi connectivity index (χ2v) is 6.66. The predicted molar refractivity (Wildman–Crippen MR) is 99.8 cm³/mol. The predicted octanol–water partition coefficient (Wildman–Crippen LogP) is 4.00. The fourth-order valence-corrected chi connectivity index (χ4v) is 2.79. The number of nitrogens with zero attached hydrogens (tertiary/aromatic N) is 1. The van der Waals surface area contributed by atoms with E-state index in [-0.39, 0.29) is 18.0 Å². The summed E-state index contributed by atoms with van der Waals surface area (Å²) in [6.45, 7) is 8.96. The lowest BCUT2D eigenvalue weighted by Crippen LogP contribution is -2.43. The maximum absolute atomic E-state index is 12.5. The third-order valence-corrected chi connectivity index (χ3v) is 4.62. The van der Waals surface area contributed by atoms with Crippen molar-refractivity contribution in [3.63, 3.8) is 0 Å². The van der Waals surface area contributed by atoms with Gasteiger partial charge in [-0.2, -0.15) is 0 Å². The highest BCUT2D eigenvalue weighted by molar-refractivity contribution is 5.81. The highest BCUT2D eigenvalue weighted by Crippen LogP contribution is 2.15. The molecule has 0 spiro atoms. The van der Waals surface area contributed by atoms with E-state index in [1.54, 1.807) is 0 Å². The largest absolute Gasteiger partial charge is 0.348 e. The molecule has 0 saturated heterocycles. The molecule has 1 N–H and O–H groups in total. The highest BCUT2D eigenvalue weighted by atomic mass is 16.2. The molecule has 2 rings (SSSR count). The van der Waals surface area contributed by atoms with Gasteiger partial charge in [0, 0.05) is 6.54 Å². The van der Waals surface area contributed by atoms with E-state index in [0.717, 1.165) is 12.1 Å². The Hall–Kier alpha value is -2.13. The molecule has 1 amide bonds. The number of aryl methyl sites for hydroxylation is 2. The summed E-state index contributed by atoms with van der Waals surface area (Å²) < 4.78 is 0. The van der Waals surface area contributed by atoms with Gasteiger partial charge in [-0.15, -0.1) is 0 Å². The maximum Gasteiger partial charge on any atom is 0.237 e. The number of hydrogen-bond acceptors (Lipinski definition) is 2.